The lowest BCUT2D eigenvalue weighted by Gasteiger charge is -2.50. The molecule has 0 bridgehead atoms. The number of alkyl halides is 3. The van der Waals surface area contributed by atoms with E-state index in [0.29, 0.717) is 42.7 Å². The SMILES string of the molecule is O=C(Nc1ccc(Oc2ccccc2)c(C(F)(F)F)c1N1CCOC2(CCN(C3COC3)CC2)C1)c1csc(-c2ccnnc2)n1. The second kappa shape index (κ2) is 12.6. The molecule has 3 saturated heterocycles. The molecule has 0 radical (unpaired) electrons. The van der Waals surface area contributed by atoms with Gasteiger partial charge in [0.1, 0.15) is 27.8 Å². The number of nitrogens with one attached hydrogen (secondary N) is 1. The summed E-state index contributed by atoms with van der Waals surface area (Å²) in [5, 5.41) is 12.4. The number of likely N-dealkylation sites (tertiary alicyclic amines) is 1. The number of anilines is 2. The van der Waals surface area contributed by atoms with Crippen LogP contribution in [0.1, 0.15) is 28.9 Å². The van der Waals surface area contributed by atoms with Crippen LogP contribution < -0.4 is 15.0 Å². The Kier molecular flexibility index (Phi) is 8.36. The van der Waals surface area contributed by atoms with Crippen molar-refractivity contribution in [3.8, 4) is 22.1 Å². The number of aromatic nitrogens is 3. The molecule has 1 N–H and O–H groups in total. The average molecular weight is 653 g/mol. The largest absolute Gasteiger partial charge is 0.457 e. The number of hydrogen-bond acceptors (Lipinski definition) is 10. The Morgan fingerprint density at radius 1 is 1.04 bits per heavy atom. The van der Waals surface area contributed by atoms with Crippen molar-refractivity contribution in [3.05, 3.63) is 77.6 Å². The standard InChI is InChI=1S/C32H31F3N6O4S/c33-32(34,35)27-26(45-23-4-2-1-3-5-23)7-6-24(38-29(42)25-19-46-30(39-25)21-8-11-36-37-16-21)28(27)41-14-15-44-31(20-41)9-12-40(13-10-31)22-17-43-18-22/h1-8,11,16,19,22H,9-10,12-15,17-18,20H2,(H,38,42). The molecule has 0 aliphatic carbocycles. The maximum absolute atomic E-state index is 15.1. The molecule has 0 atom stereocenters. The van der Waals surface area contributed by atoms with Crippen molar-refractivity contribution in [1.29, 1.82) is 0 Å². The number of hydrogen-bond donors (Lipinski definition) is 1. The summed E-state index contributed by atoms with van der Waals surface area (Å²) < 4.78 is 62.9. The zero-order chi connectivity index (χ0) is 31.7. The molecule has 2 aromatic carbocycles. The van der Waals surface area contributed by atoms with Gasteiger partial charge in [0, 0.05) is 37.1 Å². The number of ether oxygens (including phenoxy) is 3. The zero-order valence-electron chi connectivity index (χ0n) is 24.7. The van der Waals surface area contributed by atoms with Crippen molar-refractivity contribution in [2.24, 2.45) is 0 Å². The van der Waals surface area contributed by atoms with E-state index in [9.17, 15) is 4.79 Å². The van der Waals surface area contributed by atoms with Gasteiger partial charge in [-0.25, -0.2) is 4.98 Å². The Bertz CT molecular complexity index is 1680. The van der Waals surface area contributed by atoms with Gasteiger partial charge in [0.25, 0.3) is 5.91 Å². The van der Waals surface area contributed by atoms with Crippen molar-refractivity contribution >= 4 is 28.6 Å². The molecule has 1 amide bonds. The molecule has 2 aromatic heterocycles. The fraction of sp³-hybridized carbons (Fsp3) is 0.375. The molecule has 14 heteroatoms. The van der Waals surface area contributed by atoms with Crippen LogP contribution in [-0.2, 0) is 15.7 Å². The Hall–Kier alpha value is -4.11. The number of morpholine rings is 1. The molecule has 4 aromatic rings. The first-order valence-corrected chi connectivity index (χ1v) is 15.9. The number of nitrogens with zero attached hydrogens (tertiary/aromatic N) is 5. The molecule has 46 heavy (non-hydrogen) atoms. The van der Waals surface area contributed by atoms with Gasteiger partial charge >= 0.3 is 6.18 Å². The van der Waals surface area contributed by atoms with Crippen LogP contribution in [0.25, 0.3) is 10.6 Å². The number of thiazole rings is 1. The number of para-hydroxylation sites is 1. The van der Waals surface area contributed by atoms with E-state index < -0.39 is 23.2 Å². The minimum Gasteiger partial charge on any atom is -0.457 e. The van der Waals surface area contributed by atoms with Crippen molar-refractivity contribution in [2.45, 2.75) is 30.7 Å². The molecule has 7 rings (SSSR count). The van der Waals surface area contributed by atoms with Crippen LogP contribution in [0.15, 0.2) is 66.3 Å². The molecule has 3 aliphatic rings. The van der Waals surface area contributed by atoms with E-state index in [1.807, 2.05) is 0 Å². The number of carbonyl (C=O) groups is 1. The number of carbonyl (C=O) groups excluding carboxylic acids is 1. The highest BCUT2D eigenvalue weighted by Gasteiger charge is 2.46. The molecular weight excluding hydrogens is 621 g/mol. The normalized spacial score (nSPS) is 18.7. The molecule has 240 valence electrons. The average Bonchev–Trinajstić information content (AvgIpc) is 3.53. The lowest BCUT2D eigenvalue weighted by Crippen LogP contribution is -2.60. The van der Waals surface area contributed by atoms with Gasteiger partial charge < -0.3 is 24.4 Å². The molecule has 0 unspecified atom stereocenters. The van der Waals surface area contributed by atoms with Crippen LogP contribution in [-0.4, -0.2) is 83.6 Å². The first-order chi connectivity index (χ1) is 22.3. The monoisotopic (exact) mass is 652 g/mol. The lowest BCUT2D eigenvalue weighted by atomic mass is 9.88. The minimum atomic E-state index is -4.80. The number of piperidine rings is 1. The molecule has 5 heterocycles. The fourth-order valence-corrected chi connectivity index (χ4v) is 6.95. The predicted octanol–water partition coefficient (Wildman–Crippen LogP) is 5.73. The second-order valence-electron chi connectivity index (χ2n) is 11.6. The first kappa shape index (κ1) is 30.5. The minimum absolute atomic E-state index is 0.0129. The summed E-state index contributed by atoms with van der Waals surface area (Å²) in [6.45, 7) is 3.63. The third-order valence-corrected chi connectivity index (χ3v) is 9.51. The molecule has 1 spiro atoms. The highest BCUT2D eigenvalue weighted by molar-refractivity contribution is 7.13. The van der Waals surface area contributed by atoms with Gasteiger partial charge in [-0.3, -0.25) is 9.69 Å². The topological polar surface area (TPSA) is 102 Å². The van der Waals surface area contributed by atoms with Crippen LogP contribution >= 0.6 is 11.3 Å². The van der Waals surface area contributed by atoms with E-state index in [1.165, 1.54) is 35.9 Å². The quantitative estimate of drug-likeness (QED) is 0.268. The highest BCUT2D eigenvalue weighted by Crippen LogP contribution is 2.49. The third-order valence-electron chi connectivity index (χ3n) is 8.62. The van der Waals surface area contributed by atoms with Gasteiger partial charge in [-0.15, -0.1) is 11.3 Å². The van der Waals surface area contributed by atoms with Crippen LogP contribution in [0, 0.1) is 0 Å². The van der Waals surface area contributed by atoms with E-state index in [0.717, 1.165) is 13.1 Å². The van der Waals surface area contributed by atoms with E-state index in [-0.39, 0.29) is 48.3 Å². The van der Waals surface area contributed by atoms with Crippen LogP contribution in [0.4, 0.5) is 24.5 Å². The van der Waals surface area contributed by atoms with Crippen LogP contribution in [0.3, 0.4) is 0 Å². The molecule has 3 aliphatic heterocycles. The van der Waals surface area contributed by atoms with Crippen LogP contribution in [0.2, 0.25) is 0 Å². The Balaban J connectivity index is 1.23. The van der Waals surface area contributed by atoms with Gasteiger partial charge in [0.2, 0.25) is 0 Å². The molecule has 10 nitrogen and oxygen atoms in total. The highest BCUT2D eigenvalue weighted by atomic mass is 32.1. The van der Waals surface area contributed by atoms with Crippen molar-refractivity contribution in [3.63, 3.8) is 0 Å². The number of halogens is 3. The van der Waals surface area contributed by atoms with Gasteiger partial charge in [0.05, 0.1) is 55.2 Å². The Morgan fingerprint density at radius 2 is 1.85 bits per heavy atom. The molecule has 0 saturated carbocycles. The van der Waals surface area contributed by atoms with E-state index >= 15 is 13.2 Å². The first-order valence-electron chi connectivity index (χ1n) is 15.0. The van der Waals surface area contributed by atoms with Gasteiger partial charge in [-0.05, 0) is 43.2 Å². The van der Waals surface area contributed by atoms with E-state index in [1.54, 1.807) is 46.7 Å². The second-order valence-corrected chi connectivity index (χ2v) is 12.4. The number of rotatable bonds is 7. The summed E-state index contributed by atoms with van der Waals surface area (Å²) in [4.78, 5) is 22.0. The van der Waals surface area contributed by atoms with Crippen molar-refractivity contribution in [2.75, 3.05) is 56.2 Å². The van der Waals surface area contributed by atoms with Crippen molar-refractivity contribution < 1.29 is 32.2 Å². The lowest BCUT2D eigenvalue weighted by molar-refractivity contribution is -0.139. The summed E-state index contributed by atoms with van der Waals surface area (Å²) in [5.41, 5.74) is -0.971. The Labute approximate surface area is 267 Å². The van der Waals surface area contributed by atoms with Gasteiger partial charge in [0.15, 0.2) is 0 Å². The molecule has 3 fully saturated rings. The maximum atomic E-state index is 15.1. The third kappa shape index (κ3) is 6.30. The summed E-state index contributed by atoms with van der Waals surface area (Å²) in [6.07, 6.45) is -0.412. The summed E-state index contributed by atoms with van der Waals surface area (Å²) >= 11 is 1.23. The van der Waals surface area contributed by atoms with Crippen LogP contribution in [0.5, 0.6) is 11.5 Å². The smallest absolute Gasteiger partial charge is 0.422 e. The number of benzene rings is 2. The summed E-state index contributed by atoms with van der Waals surface area (Å²) in [6, 6.07) is 13.1. The Morgan fingerprint density at radius 3 is 2.54 bits per heavy atom. The summed E-state index contributed by atoms with van der Waals surface area (Å²) in [5.74, 6) is -0.718. The summed E-state index contributed by atoms with van der Waals surface area (Å²) in [7, 11) is 0. The maximum Gasteiger partial charge on any atom is 0.422 e. The van der Waals surface area contributed by atoms with Crippen molar-refractivity contribution in [1.82, 2.24) is 20.1 Å². The van der Waals surface area contributed by atoms with Gasteiger partial charge in [-0.1, -0.05) is 18.2 Å². The predicted molar refractivity (Wildman–Crippen MR) is 165 cm³/mol. The van der Waals surface area contributed by atoms with Gasteiger partial charge in [-0.2, -0.15) is 23.4 Å². The van der Waals surface area contributed by atoms with E-state index in [4.69, 9.17) is 14.2 Å². The number of amides is 1. The van der Waals surface area contributed by atoms with E-state index in [2.05, 4.69) is 25.4 Å². The molecular formula is C32H31F3N6O4S. The zero-order valence-corrected chi connectivity index (χ0v) is 25.5. The fourth-order valence-electron chi connectivity index (χ4n) is 6.16.